The van der Waals surface area contributed by atoms with E-state index in [-0.39, 0.29) is 12.2 Å². The lowest BCUT2D eigenvalue weighted by Crippen LogP contribution is -2.38. The standard InChI is InChI=1S/C12H13F3N2O3/c1-7(18)6-16-10(19)11(20)17-9-4-2-8(3-5-9)12(13,14)15/h2-5,7,18H,6H2,1H3,(H,16,19)(H,17,20)/t7-/m1/s1. The number of carbonyl (C=O) groups is 2. The van der Waals surface area contributed by atoms with Crippen molar-refractivity contribution >= 4 is 17.5 Å². The van der Waals surface area contributed by atoms with Gasteiger partial charge in [0.1, 0.15) is 0 Å². The SMILES string of the molecule is C[C@@H](O)CNC(=O)C(=O)Nc1ccc(C(F)(F)F)cc1. The van der Waals surface area contributed by atoms with Crippen molar-refractivity contribution < 1.29 is 27.9 Å². The lowest BCUT2D eigenvalue weighted by Gasteiger charge is -2.09. The number of rotatable bonds is 3. The van der Waals surface area contributed by atoms with Crippen molar-refractivity contribution in [2.45, 2.75) is 19.2 Å². The summed E-state index contributed by atoms with van der Waals surface area (Å²) in [5.74, 6) is -2.00. The van der Waals surface area contributed by atoms with Gasteiger partial charge in [0.05, 0.1) is 11.7 Å². The molecule has 0 radical (unpaired) electrons. The van der Waals surface area contributed by atoms with Crippen LogP contribution in [0.25, 0.3) is 0 Å². The number of benzene rings is 1. The Morgan fingerprint density at radius 3 is 2.20 bits per heavy atom. The molecular formula is C12H13F3N2O3. The summed E-state index contributed by atoms with van der Waals surface area (Å²) in [5.41, 5.74) is -0.788. The zero-order valence-electron chi connectivity index (χ0n) is 10.5. The van der Waals surface area contributed by atoms with Crippen LogP contribution in [0.15, 0.2) is 24.3 Å². The monoisotopic (exact) mass is 290 g/mol. The Morgan fingerprint density at radius 2 is 1.75 bits per heavy atom. The topological polar surface area (TPSA) is 78.4 Å². The van der Waals surface area contributed by atoms with Crippen LogP contribution in [0, 0.1) is 0 Å². The molecule has 0 saturated heterocycles. The number of carbonyl (C=O) groups excluding carboxylic acids is 2. The van der Waals surface area contributed by atoms with Crippen LogP contribution in [0.4, 0.5) is 18.9 Å². The van der Waals surface area contributed by atoms with Crippen LogP contribution < -0.4 is 10.6 Å². The Balaban J connectivity index is 2.60. The molecule has 0 aromatic heterocycles. The molecule has 2 amide bonds. The maximum atomic E-state index is 12.3. The third-order valence-electron chi connectivity index (χ3n) is 2.23. The molecule has 0 unspecified atom stereocenters. The number of anilines is 1. The maximum Gasteiger partial charge on any atom is 0.416 e. The molecule has 1 atom stereocenters. The molecule has 8 heteroatoms. The summed E-state index contributed by atoms with van der Waals surface area (Å²) in [6.45, 7) is 1.33. The van der Waals surface area contributed by atoms with Gasteiger partial charge >= 0.3 is 18.0 Å². The Morgan fingerprint density at radius 1 is 1.20 bits per heavy atom. The lowest BCUT2D eigenvalue weighted by molar-refractivity contribution is -0.137. The van der Waals surface area contributed by atoms with Crippen LogP contribution in [0.1, 0.15) is 12.5 Å². The summed E-state index contributed by atoms with van der Waals surface area (Å²) < 4.78 is 36.9. The van der Waals surface area contributed by atoms with E-state index < -0.39 is 29.7 Å². The highest BCUT2D eigenvalue weighted by Gasteiger charge is 2.30. The van der Waals surface area contributed by atoms with Gasteiger partial charge in [0.2, 0.25) is 0 Å². The van der Waals surface area contributed by atoms with Crippen LogP contribution in [-0.4, -0.2) is 29.6 Å². The Labute approximate surface area is 112 Å². The third kappa shape index (κ3) is 4.88. The minimum Gasteiger partial charge on any atom is -0.392 e. The molecule has 0 bridgehead atoms. The molecule has 0 fully saturated rings. The number of aliphatic hydroxyl groups is 1. The van der Waals surface area contributed by atoms with E-state index >= 15 is 0 Å². The first kappa shape index (κ1) is 16.0. The largest absolute Gasteiger partial charge is 0.416 e. The molecule has 1 rings (SSSR count). The van der Waals surface area contributed by atoms with E-state index in [4.69, 9.17) is 5.11 Å². The van der Waals surface area contributed by atoms with Crippen molar-refractivity contribution in [2.75, 3.05) is 11.9 Å². The van der Waals surface area contributed by atoms with Gasteiger partial charge < -0.3 is 15.7 Å². The molecule has 0 saturated carbocycles. The molecule has 5 nitrogen and oxygen atoms in total. The first-order chi connectivity index (χ1) is 9.20. The lowest BCUT2D eigenvalue weighted by atomic mass is 10.2. The van der Waals surface area contributed by atoms with Crippen molar-refractivity contribution in [3.05, 3.63) is 29.8 Å². The highest BCUT2D eigenvalue weighted by molar-refractivity contribution is 6.39. The van der Waals surface area contributed by atoms with Crippen molar-refractivity contribution in [3.8, 4) is 0 Å². The second kappa shape index (κ2) is 6.38. The van der Waals surface area contributed by atoms with E-state index in [1.807, 2.05) is 0 Å². The first-order valence-corrected chi connectivity index (χ1v) is 5.64. The van der Waals surface area contributed by atoms with Gasteiger partial charge in [-0.25, -0.2) is 0 Å². The average molecular weight is 290 g/mol. The second-order valence-electron chi connectivity index (χ2n) is 4.09. The molecule has 0 aliphatic carbocycles. The number of halogens is 3. The Kier molecular flexibility index (Phi) is 5.09. The van der Waals surface area contributed by atoms with Crippen molar-refractivity contribution in [2.24, 2.45) is 0 Å². The van der Waals surface area contributed by atoms with Crippen molar-refractivity contribution in [1.29, 1.82) is 0 Å². The normalized spacial score (nSPS) is 12.7. The zero-order chi connectivity index (χ0) is 15.3. The van der Waals surface area contributed by atoms with Crippen LogP contribution in [0.2, 0.25) is 0 Å². The number of aliphatic hydroxyl groups excluding tert-OH is 1. The molecular weight excluding hydrogens is 277 g/mol. The number of hydrogen-bond donors (Lipinski definition) is 3. The Bertz CT molecular complexity index is 484. The van der Waals surface area contributed by atoms with E-state index in [0.29, 0.717) is 0 Å². The van der Waals surface area contributed by atoms with Crippen molar-refractivity contribution in [1.82, 2.24) is 5.32 Å². The summed E-state index contributed by atoms with van der Waals surface area (Å²) in [7, 11) is 0. The van der Waals surface area contributed by atoms with Crippen LogP contribution in [0.3, 0.4) is 0 Å². The first-order valence-electron chi connectivity index (χ1n) is 5.64. The van der Waals surface area contributed by atoms with Gasteiger partial charge in [0, 0.05) is 12.2 Å². The fourth-order valence-corrected chi connectivity index (χ4v) is 1.25. The number of nitrogens with one attached hydrogen (secondary N) is 2. The summed E-state index contributed by atoms with van der Waals surface area (Å²) >= 11 is 0. The minimum atomic E-state index is -4.46. The van der Waals surface area contributed by atoms with Gasteiger partial charge in [-0.1, -0.05) is 0 Å². The molecule has 0 spiro atoms. The van der Waals surface area contributed by atoms with Gasteiger partial charge in [0.25, 0.3) is 0 Å². The van der Waals surface area contributed by atoms with Crippen LogP contribution in [-0.2, 0) is 15.8 Å². The molecule has 0 aliphatic rings. The summed E-state index contributed by atoms with van der Waals surface area (Å²) in [6.07, 6.45) is -5.27. The van der Waals surface area contributed by atoms with Crippen LogP contribution in [0.5, 0.6) is 0 Å². The number of alkyl halides is 3. The van der Waals surface area contributed by atoms with Gasteiger partial charge in [-0.15, -0.1) is 0 Å². The molecule has 110 valence electrons. The quantitative estimate of drug-likeness (QED) is 0.730. The van der Waals surface area contributed by atoms with Crippen LogP contribution >= 0.6 is 0 Å². The number of amides is 2. The molecule has 0 aliphatic heterocycles. The van der Waals surface area contributed by atoms with E-state index in [1.165, 1.54) is 6.92 Å². The third-order valence-corrected chi connectivity index (χ3v) is 2.23. The number of hydrogen-bond acceptors (Lipinski definition) is 3. The van der Waals surface area contributed by atoms with E-state index in [0.717, 1.165) is 24.3 Å². The molecule has 0 heterocycles. The van der Waals surface area contributed by atoms with E-state index in [9.17, 15) is 22.8 Å². The van der Waals surface area contributed by atoms with Gasteiger partial charge in [0.15, 0.2) is 0 Å². The van der Waals surface area contributed by atoms with Gasteiger partial charge in [-0.3, -0.25) is 9.59 Å². The predicted octanol–water partition coefficient (Wildman–Crippen LogP) is 1.14. The fourth-order valence-electron chi connectivity index (χ4n) is 1.25. The smallest absolute Gasteiger partial charge is 0.392 e. The van der Waals surface area contributed by atoms with E-state index in [1.54, 1.807) is 0 Å². The Hall–Kier alpha value is -2.09. The fraction of sp³-hybridized carbons (Fsp3) is 0.333. The molecule has 3 N–H and O–H groups in total. The van der Waals surface area contributed by atoms with Gasteiger partial charge in [-0.2, -0.15) is 13.2 Å². The highest BCUT2D eigenvalue weighted by Crippen LogP contribution is 2.29. The highest BCUT2D eigenvalue weighted by atomic mass is 19.4. The average Bonchev–Trinajstić information content (AvgIpc) is 2.35. The maximum absolute atomic E-state index is 12.3. The summed E-state index contributed by atoms with van der Waals surface area (Å²) in [6, 6.07) is 3.68. The molecule has 1 aromatic rings. The summed E-state index contributed by atoms with van der Waals surface area (Å²) in [5, 5.41) is 13.2. The summed E-state index contributed by atoms with van der Waals surface area (Å²) in [4.78, 5) is 22.6. The van der Waals surface area contributed by atoms with Crippen molar-refractivity contribution in [3.63, 3.8) is 0 Å². The zero-order valence-corrected chi connectivity index (χ0v) is 10.5. The molecule has 1 aromatic carbocycles. The predicted molar refractivity (Wildman–Crippen MR) is 64.8 cm³/mol. The van der Waals surface area contributed by atoms with Gasteiger partial charge in [-0.05, 0) is 31.2 Å². The minimum absolute atomic E-state index is 0.0650. The second-order valence-corrected chi connectivity index (χ2v) is 4.09. The molecule has 20 heavy (non-hydrogen) atoms. The van der Waals surface area contributed by atoms with E-state index in [2.05, 4.69) is 10.6 Å².